The van der Waals surface area contributed by atoms with E-state index >= 15 is 0 Å². The van der Waals surface area contributed by atoms with E-state index in [0.717, 1.165) is 12.4 Å². The highest BCUT2D eigenvalue weighted by Crippen LogP contribution is 2.39. The molecule has 0 aliphatic carbocycles. The molecule has 0 aromatic heterocycles. The van der Waals surface area contributed by atoms with Crippen molar-refractivity contribution < 1.29 is 9.47 Å². The third kappa shape index (κ3) is 0.881. The summed E-state index contributed by atoms with van der Waals surface area (Å²) in [7, 11) is 0. The molecule has 3 unspecified atom stereocenters. The Labute approximate surface area is 65.3 Å². The minimum atomic E-state index is -0.284. The van der Waals surface area contributed by atoms with Gasteiger partial charge in [-0.05, 0) is 13.8 Å². The first-order valence-electron chi connectivity index (χ1n) is 3.64. The highest BCUT2D eigenvalue weighted by atomic mass is 32.2. The van der Waals surface area contributed by atoms with Crippen LogP contribution in [-0.4, -0.2) is 29.5 Å². The van der Waals surface area contributed by atoms with Crippen molar-refractivity contribution in [1.29, 1.82) is 0 Å². The molecule has 0 aromatic rings. The van der Waals surface area contributed by atoms with Crippen molar-refractivity contribution in [3.63, 3.8) is 0 Å². The number of rotatable bonds is 0. The molecule has 0 spiro atoms. The van der Waals surface area contributed by atoms with Crippen molar-refractivity contribution in [2.75, 3.05) is 12.4 Å². The molecule has 2 aliphatic heterocycles. The maximum atomic E-state index is 5.65. The van der Waals surface area contributed by atoms with Crippen LogP contribution in [0, 0.1) is 0 Å². The van der Waals surface area contributed by atoms with Gasteiger partial charge in [0.15, 0.2) is 5.79 Å². The van der Waals surface area contributed by atoms with Gasteiger partial charge in [-0.15, -0.1) is 0 Å². The van der Waals surface area contributed by atoms with E-state index < -0.39 is 0 Å². The zero-order valence-corrected chi connectivity index (χ0v) is 7.11. The molecule has 2 nitrogen and oxygen atoms in total. The normalized spacial score (nSPS) is 53.4. The quantitative estimate of drug-likeness (QED) is 0.531. The van der Waals surface area contributed by atoms with Gasteiger partial charge in [-0.3, -0.25) is 0 Å². The van der Waals surface area contributed by atoms with Crippen LogP contribution in [-0.2, 0) is 9.47 Å². The van der Waals surface area contributed by atoms with Crippen molar-refractivity contribution in [1.82, 2.24) is 0 Å². The lowest BCUT2D eigenvalue weighted by molar-refractivity contribution is -0.151. The van der Waals surface area contributed by atoms with Gasteiger partial charge in [0.25, 0.3) is 0 Å². The molecule has 0 saturated carbocycles. The van der Waals surface area contributed by atoms with Crippen molar-refractivity contribution in [2.24, 2.45) is 0 Å². The minimum absolute atomic E-state index is 0.284. The Balaban J connectivity index is 2.17. The molecule has 2 fully saturated rings. The van der Waals surface area contributed by atoms with Gasteiger partial charge in [-0.1, -0.05) is 0 Å². The number of hydrogen-bond donors (Lipinski definition) is 0. The molecule has 2 heterocycles. The topological polar surface area (TPSA) is 18.5 Å². The van der Waals surface area contributed by atoms with E-state index in [9.17, 15) is 0 Å². The van der Waals surface area contributed by atoms with Crippen LogP contribution in [0.15, 0.2) is 0 Å². The lowest BCUT2D eigenvalue weighted by atomic mass is 10.2. The SMILES string of the molecule is CC1SCC2COC1(C)O2. The monoisotopic (exact) mass is 160 g/mol. The zero-order valence-electron chi connectivity index (χ0n) is 6.29. The second kappa shape index (κ2) is 2.13. The predicted octanol–water partition coefficient (Wildman–Crippen LogP) is 1.25. The fraction of sp³-hybridized carbons (Fsp3) is 1.00. The summed E-state index contributed by atoms with van der Waals surface area (Å²) in [6, 6.07) is 0. The van der Waals surface area contributed by atoms with Gasteiger partial charge in [0, 0.05) is 5.75 Å². The largest absolute Gasteiger partial charge is 0.346 e. The molecule has 0 amide bonds. The molecule has 3 heteroatoms. The molecular weight excluding hydrogens is 148 g/mol. The summed E-state index contributed by atoms with van der Waals surface area (Å²) in [5.74, 6) is 0.810. The highest BCUT2D eigenvalue weighted by molar-refractivity contribution is 8.00. The molecule has 2 aliphatic rings. The van der Waals surface area contributed by atoms with Gasteiger partial charge in [0.1, 0.15) is 0 Å². The second-order valence-corrected chi connectivity index (χ2v) is 4.42. The van der Waals surface area contributed by atoms with E-state index in [2.05, 4.69) is 6.92 Å². The van der Waals surface area contributed by atoms with Crippen LogP contribution >= 0.6 is 11.8 Å². The fourth-order valence-electron chi connectivity index (χ4n) is 1.36. The van der Waals surface area contributed by atoms with E-state index in [4.69, 9.17) is 9.47 Å². The Morgan fingerprint density at radius 1 is 1.60 bits per heavy atom. The Kier molecular flexibility index (Phi) is 1.48. The summed E-state index contributed by atoms with van der Waals surface area (Å²) in [5, 5.41) is 0.478. The second-order valence-electron chi connectivity index (χ2n) is 3.04. The minimum Gasteiger partial charge on any atom is -0.346 e. The average molecular weight is 160 g/mol. The van der Waals surface area contributed by atoms with Crippen LogP contribution in [0.25, 0.3) is 0 Å². The molecule has 58 valence electrons. The lowest BCUT2D eigenvalue weighted by Gasteiger charge is -2.33. The molecule has 10 heavy (non-hydrogen) atoms. The average Bonchev–Trinajstić information content (AvgIpc) is 2.22. The fourth-order valence-corrected chi connectivity index (χ4v) is 2.45. The molecule has 2 bridgehead atoms. The number of hydrogen-bond acceptors (Lipinski definition) is 3. The van der Waals surface area contributed by atoms with Crippen LogP contribution < -0.4 is 0 Å². The summed E-state index contributed by atoms with van der Waals surface area (Å²) in [6.07, 6.45) is 0.353. The van der Waals surface area contributed by atoms with E-state index in [1.807, 2.05) is 18.7 Å². The van der Waals surface area contributed by atoms with Gasteiger partial charge >= 0.3 is 0 Å². The Bertz CT molecular complexity index is 149. The molecule has 3 atom stereocenters. The Hall–Kier alpha value is 0.270. The summed E-state index contributed by atoms with van der Waals surface area (Å²) >= 11 is 1.95. The standard InChI is InChI=1S/C7H12O2S/c1-5-7(2)8-3-6(9-7)4-10-5/h5-6H,3-4H2,1-2H3. The van der Waals surface area contributed by atoms with Crippen molar-refractivity contribution in [3.8, 4) is 0 Å². The maximum absolute atomic E-state index is 5.65. The summed E-state index contributed by atoms with van der Waals surface area (Å²) in [5.41, 5.74) is 0. The number of fused-ring (bicyclic) bond motifs is 2. The van der Waals surface area contributed by atoms with Crippen LogP contribution in [0.2, 0.25) is 0 Å². The zero-order chi connectivity index (χ0) is 7.19. The van der Waals surface area contributed by atoms with Gasteiger partial charge in [0.05, 0.1) is 18.0 Å². The highest BCUT2D eigenvalue weighted by Gasteiger charge is 2.46. The Morgan fingerprint density at radius 3 is 3.10 bits per heavy atom. The lowest BCUT2D eigenvalue weighted by Crippen LogP contribution is -2.40. The van der Waals surface area contributed by atoms with Crippen LogP contribution in [0.1, 0.15) is 13.8 Å². The smallest absolute Gasteiger partial charge is 0.177 e. The van der Waals surface area contributed by atoms with Crippen molar-refractivity contribution in [2.45, 2.75) is 31.0 Å². The number of thioether (sulfide) groups is 1. The van der Waals surface area contributed by atoms with Gasteiger partial charge in [-0.2, -0.15) is 11.8 Å². The molecular formula is C7H12O2S. The van der Waals surface area contributed by atoms with Gasteiger partial charge in [0.2, 0.25) is 0 Å². The predicted molar refractivity (Wildman–Crippen MR) is 41.2 cm³/mol. The molecule has 2 saturated heterocycles. The first-order valence-corrected chi connectivity index (χ1v) is 4.69. The third-order valence-electron chi connectivity index (χ3n) is 2.23. The van der Waals surface area contributed by atoms with E-state index in [-0.39, 0.29) is 5.79 Å². The molecule has 2 rings (SSSR count). The third-order valence-corrected chi connectivity index (χ3v) is 3.72. The van der Waals surface area contributed by atoms with E-state index in [0.29, 0.717) is 11.4 Å². The van der Waals surface area contributed by atoms with Crippen LogP contribution in [0.5, 0.6) is 0 Å². The summed E-state index contributed by atoms with van der Waals surface area (Å²) < 4.78 is 11.2. The van der Waals surface area contributed by atoms with Crippen molar-refractivity contribution >= 4 is 11.8 Å². The van der Waals surface area contributed by atoms with Crippen LogP contribution in [0.3, 0.4) is 0 Å². The summed E-state index contributed by atoms with van der Waals surface area (Å²) in [6.45, 7) is 4.98. The first kappa shape index (κ1) is 6.95. The number of ether oxygens (including phenoxy) is 2. The summed E-state index contributed by atoms with van der Waals surface area (Å²) in [4.78, 5) is 0. The van der Waals surface area contributed by atoms with Gasteiger partial charge in [-0.25, -0.2) is 0 Å². The van der Waals surface area contributed by atoms with E-state index in [1.54, 1.807) is 0 Å². The molecule has 0 aromatic carbocycles. The van der Waals surface area contributed by atoms with Crippen molar-refractivity contribution in [3.05, 3.63) is 0 Å². The first-order chi connectivity index (χ1) is 4.71. The maximum Gasteiger partial charge on any atom is 0.177 e. The Morgan fingerprint density at radius 2 is 2.40 bits per heavy atom. The van der Waals surface area contributed by atoms with E-state index in [1.165, 1.54) is 0 Å². The molecule has 0 radical (unpaired) electrons. The van der Waals surface area contributed by atoms with Crippen LogP contribution in [0.4, 0.5) is 0 Å². The molecule has 0 N–H and O–H groups in total. The van der Waals surface area contributed by atoms with Gasteiger partial charge < -0.3 is 9.47 Å².